The molecule has 2 atom stereocenters. The van der Waals surface area contributed by atoms with Crippen molar-refractivity contribution in [3.05, 3.63) is 27.1 Å². The highest BCUT2D eigenvalue weighted by atomic mass is 32.2. The van der Waals surface area contributed by atoms with Gasteiger partial charge in [0.15, 0.2) is 8.68 Å². The Morgan fingerprint density at radius 1 is 1.29 bits per heavy atom. The highest BCUT2D eigenvalue weighted by Gasteiger charge is 2.54. The van der Waals surface area contributed by atoms with Crippen molar-refractivity contribution in [1.29, 1.82) is 5.41 Å². The number of nitrogens with zero attached hydrogens (tertiary/aromatic N) is 4. The van der Waals surface area contributed by atoms with E-state index in [0.29, 0.717) is 36.2 Å². The largest absolute Gasteiger partial charge is 0.477 e. The Hall–Kier alpha value is -2.05. The zero-order chi connectivity index (χ0) is 24.4. The number of carboxylic acids is 1. The molecule has 4 heterocycles. The van der Waals surface area contributed by atoms with E-state index in [1.165, 1.54) is 56.9 Å². The Morgan fingerprint density at radius 3 is 2.68 bits per heavy atom. The molecule has 34 heavy (non-hydrogen) atoms. The van der Waals surface area contributed by atoms with Gasteiger partial charge in [0, 0.05) is 22.6 Å². The molecule has 0 spiro atoms. The van der Waals surface area contributed by atoms with Gasteiger partial charge in [-0.3, -0.25) is 19.9 Å². The molecule has 0 aromatic carbocycles. The minimum absolute atomic E-state index is 0.0345. The summed E-state index contributed by atoms with van der Waals surface area (Å²) in [6.07, 6.45) is -0.211. The van der Waals surface area contributed by atoms with Gasteiger partial charge in [-0.05, 0) is 5.57 Å². The summed E-state index contributed by atoms with van der Waals surface area (Å²) in [4.78, 5) is 38.2. The van der Waals surface area contributed by atoms with Crippen molar-refractivity contribution >= 4 is 75.7 Å². The zero-order valence-electron chi connectivity index (χ0n) is 17.2. The van der Waals surface area contributed by atoms with E-state index in [9.17, 15) is 24.7 Å². The lowest BCUT2D eigenvalue weighted by Gasteiger charge is -2.49. The molecule has 2 aliphatic heterocycles. The van der Waals surface area contributed by atoms with Gasteiger partial charge < -0.3 is 20.7 Å². The molecule has 1 fully saturated rings. The van der Waals surface area contributed by atoms with Crippen LogP contribution >= 0.6 is 58.0 Å². The summed E-state index contributed by atoms with van der Waals surface area (Å²) >= 11 is 6.41. The van der Waals surface area contributed by atoms with Crippen LogP contribution in [0.2, 0.25) is 0 Å². The molecular weight excluding hydrogens is 545 g/mol. The predicted octanol–water partition coefficient (Wildman–Crippen LogP) is 0.276. The molecule has 2 aliphatic rings. The van der Waals surface area contributed by atoms with E-state index in [1.807, 2.05) is 0 Å². The van der Waals surface area contributed by atoms with E-state index >= 15 is 0 Å². The Bertz CT molecular complexity index is 1210. The molecule has 2 amide bonds. The quantitative estimate of drug-likeness (QED) is 0.152. The van der Waals surface area contributed by atoms with Gasteiger partial charge in [-0.15, -0.1) is 33.3 Å². The number of hydrogen-bond donors (Lipinski definition) is 5. The maximum absolute atomic E-state index is 12.8. The van der Waals surface area contributed by atoms with Crippen LogP contribution in [0, 0.1) is 5.41 Å². The second-order valence-electron chi connectivity index (χ2n) is 6.93. The summed E-state index contributed by atoms with van der Waals surface area (Å²) in [5.41, 5.74) is 0.739. The third-order valence-corrected chi connectivity index (χ3v) is 10.1. The Labute approximate surface area is 212 Å². The average Bonchev–Trinajstić information content (AvgIpc) is 3.40. The number of carboxylic acid groups (broad SMARTS) is 1. The zero-order valence-corrected chi connectivity index (χ0v) is 21.2. The highest BCUT2D eigenvalue weighted by Crippen LogP contribution is 2.42. The standard InChI is InChI=1S/C17H18N6O6S5/c18-15-23(29)8(6-32-15)3-9(25)19-10-12(26)22-11(14(27)28)7(4-31-13(10)22)5-33-17-21-20-16(34-17)30-2-1-24/h6,10,13,18,24,29H,1-5H2,(H,19,25)(H,27,28)/t10?,13-/m0/s1. The third-order valence-electron chi connectivity index (χ3n) is 4.75. The maximum Gasteiger partial charge on any atom is 0.352 e. The summed E-state index contributed by atoms with van der Waals surface area (Å²) in [5, 5.41) is 47.5. The van der Waals surface area contributed by atoms with Gasteiger partial charge >= 0.3 is 5.97 Å². The van der Waals surface area contributed by atoms with Gasteiger partial charge in [0.25, 0.3) is 5.91 Å². The fourth-order valence-electron chi connectivity index (χ4n) is 3.25. The molecule has 182 valence electrons. The summed E-state index contributed by atoms with van der Waals surface area (Å²) < 4.78 is 1.98. The molecule has 0 saturated carbocycles. The van der Waals surface area contributed by atoms with Gasteiger partial charge in [0.1, 0.15) is 17.1 Å². The lowest BCUT2D eigenvalue weighted by Crippen LogP contribution is -2.70. The normalized spacial score (nSPS) is 19.7. The topological polar surface area (TPSA) is 182 Å². The molecule has 0 radical (unpaired) electrons. The van der Waals surface area contributed by atoms with Crippen molar-refractivity contribution in [2.24, 2.45) is 0 Å². The van der Waals surface area contributed by atoms with Crippen molar-refractivity contribution in [3.63, 3.8) is 0 Å². The molecule has 17 heteroatoms. The van der Waals surface area contributed by atoms with Crippen molar-refractivity contribution in [3.8, 4) is 0 Å². The first-order valence-corrected chi connectivity index (χ1v) is 14.3. The Morgan fingerprint density at radius 2 is 2.03 bits per heavy atom. The number of fused-ring (bicyclic) bond motifs is 1. The first-order chi connectivity index (χ1) is 16.3. The number of carbonyl (C=O) groups excluding carboxylic acids is 2. The highest BCUT2D eigenvalue weighted by molar-refractivity contribution is 8.03. The molecule has 0 aliphatic carbocycles. The first-order valence-electron chi connectivity index (χ1n) is 9.62. The second kappa shape index (κ2) is 10.7. The number of amides is 2. The van der Waals surface area contributed by atoms with Crippen LogP contribution in [0.4, 0.5) is 0 Å². The van der Waals surface area contributed by atoms with Gasteiger partial charge in [-0.1, -0.05) is 34.9 Å². The fourth-order valence-corrected chi connectivity index (χ4v) is 8.22. The molecular formula is C17H18N6O6S5. The second-order valence-corrected chi connectivity index (χ2v) is 12.4. The Balaban J connectivity index is 1.40. The first kappa shape index (κ1) is 25.1. The molecule has 2 aromatic heterocycles. The van der Waals surface area contributed by atoms with E-state index in [-0.39, 0.29) is 29.2 Å². The maximum atomic E-state index is 12.8. The molecule has 5 N–H and O–H groups in total. The van der Waals surface area contributed by atoms with Gasteiger partial charge in [-0.2, -0.15) is 4.73 Å². The van der Waals surface area contributed by atoms with E-state index in [0.717, 1.165) is 11.3 Å². The lowest BCUT2D eigenvalue weighted by atomic mass is 10.0. The van der Waals surface area contributed by atoms with Crippen molar-refractivity contribution in [2.45, 2.75) is 26.5 Å². The van der Waals surface area contributed by atoms with Crippen LogP contribution in [0.3, 0.4) is 0 Å². The van der Waals surface area contributed by atoms with Crippen LogP contribution < -0.4 is 10.1 Å². The van der Waals surface area contributed by atoms with E-state index in [1.54, 1.807) is 0 Å². The number of hydrogen-bond acceptors (Lipinski definition) is 13. The van der Waals surface area contributed by atoms with Gasteiger partial charge in [0.2, 0.25) is 10.7 Å². The number of β-lactam (4-membered cyclic amide) rings is 1. The van der Waals surface area contributed by atoms with Crippen LogP contribution in [0.5, 0.6) is 0 Å². The third kappa shape index (κ3) is 5.13. The SMILES string of the molecule is N=c1scc(CC(=O)NC2C(=O)N3C(C(=O)O)=C(CSc4nnc(SCCO)s4)CS[C@@H]23)n1O. The minimum Gasteiger partial charge on any atom is -0.477 e. The van der Waals surface area contributed by atoms with E-state index < -0.39 is 29.2 Å². The van der Waals surface area contributed by atoms with E-state index in [4.69, 9.17) is 10.5 Å². The number of thiazole rings is 1. The number of thioether (sulfide) groups is 3. The van der Waals surface area contributed by atoms with Crippen LogP contribution in [0.1, 0.15) is 5.69 Å². The van der Waals surface area contributed by atoms with Gasteiger partial charge in [0.05, 0.1) is 18.7 Å². The monoisotopic (exact) mass is 562 g/mol. The molecule has 2 aromatic rings. The number of aliphatic hydroxyl groups excluding tert-OH is 1. The summed E-state index contributed by atoms with van der Waals surface area (Å²) in [6.45, 7) is 0.0345. The van der Waals surface area contributed by atoms with Crippen LogP contribution in [0.15, 0.2) is 25.3 Å². The van der Waals surface area contributed by atoms with Crippen LogP contribution in [-0.4, -0.2) is 88.3 Å². The summed E-state index contributed by atoms with van der Waals surface area (Å²) in [5.74, 6) is -1.01. The number of aliphatic carboxylic acids is 1. The number of aliphatic hydroxyl groups is 1. The fraction of sp³-hybridized carbons (Fsp3) is 0.412. The van der Waals surface area contributed by atoms with Gasteiger partial charge in [-0.25, -0.2) is 4.79 Å². The van der Waals surface area contributed by atoms with Crippen molar-refractivity contribution in [1.82, 2.24) is 25.1 Å². The summed E-state index contributed by atoms with van der Waals surface area (Å²) in [7, 11) is 0. The molecule has 4 rings (SSSR count). The molecule has 1 unspecified atom stereocenters. The molecule has 12 nitrogen and oxygen atoms in total. The smallest absolute Gasteiger partial charge is 0.352 e. The van der Waals surface area contributed by atoms with E-state index in [2.05, 4.69) is 15.5 Å². The van der Waals surface area contributed by atoms with Crippen molar-refractivity contribution in [2.75, 3.05) is 23.9 Å². The van der Waals surface area contributed by atoms with Crippen LogP contribution in [0.25, 0.3) is 0 Å². The molecule has 0 bridgehead atoms. The average molecular weight is 563 g/mol. The molecule has 1 saturated heterocycles. The minimum atomic E-state index is -1.21. The number of aromatic nitrogens is 3. The number of nitrogens with one attached hydrogen (secondary N) is 2. The Kier molecular flexibility index (Phi) is 7.88. The van der Waals surface area contributed by atoms with Crippen molar-refractivity contribution < 1.29 is 29.8 Å². The summed E-state index contributed by atoms with van der Waals surface area (Å²) in [6, 6.07) is -0.864. The lowest BCUT2D eigenvalue weighted by molar-refractivity contribution is -0.150. The van der Waals surface area contributed by atoms with Crippen LogP contribution in [-0.2, 0) is 20.8 Å². The predicted molar refractivity (Wildman–Crippen MR) is 127 cm³/mol. The number of rotatable bonds is 10. The number of carbonyl (C=O) groups is 3.